The number of nitrogens with one attached hydrogen (secondary N) is 1. The van der Waals surface area contributed by atoms with Crippen molar-refractivity contribution in [2.45, 2.75) is 6.54 Å². The third-order valence-corrected chi connectivity index (χ3v) is 2.51. The summed E-state index contributed by atoms with van der Waals surface area (Å²) >= 11 is 0. The van der Waals surface area contributed by atoms with Crippen LogP contribution in [0, 0.1) is 0 Å². The maximum atomic E-state index is 11.3. The Morgan fingerprint density at radius 3 is 2.95 bits per heavy atom. The zero-order chi connectivity index (χ0) is 14.4. The Morgan fingerprint density at radius 1 is 1.35 bits per heavy atom. The molecule has 0 unspecified atom stereocenters. The summed E-state index contributed by atoms with van der Waals surface area (Å²) in [5, 5.41) is 3.07. The topological polar surface area (TPSA) is 86.2 Å². The van der Waals surface area contributed by atoms with Gasteiger partial charge in [-0.05, 0) is 11.6 Å². The molecule has 0 fully saturated rings. The third kappa shape index (κ3) is 3.41. The first kappa shape index (κ1) is 13.7. The van der Waals surface area contributed by atoms with E-state index in [9.17, 15) is 4.79 Å². The average molecular weight is 274 g/mol. The Kier molecular flexibility index (Phi) is 4.43. The lowest BCUT2D eigenvalue weighted by molar-refractivity contribution is 0.0593. The highest BCUT2D eigenvalue weighted by molar-refractivity contribution is 5.87. The van der Waals surface area contributed by atoms with Crippen molar-refractivity contribution >= 4 is 11.8 Å². The molecule has 2 rings (SSSR count). The summed E-state index contributed by atoms with van der Waals surface area (Å²) < 4.78 is 9.63. The van der Waals surface area contributed by atoms with Gasteiger partial charge in [0.2, 0.25) is 5.88 Å². The predicted molar refractivity (Wildman–Crippen MR) is 71.5 cm³/mol. The summed E-state index contributed by atoms with van der Waals surface area (Å²) in [6.45, 7) is 0.512. The summed E-state index contributed by atoms with van der Waals surface area (Å²) in [5.74, 6) is 0.508. The van der Waals surface area contributed by atoms with Crippen LogP contribution >= 0.6 is 0 Å². The number of hydrogen-bond acceptors (Lipinski definition) is 7. The van der Waals surface area contributed by atoms with Crippen molar-refractivity contribution in [2.24, 2.45) is 0 Å². The van der Waals surface area contributed by atoms with Crippen molar-refractivity contribution < 1.29 is 14.3 Å². The van der Waals surface area contributed by atoms with Crippen molar-refractivity contribution in [3.8, 4) is 5.88 Å². The molecule has 7 nitrogen and oxygen atoms in total. The Labute approximate surface area is 116 Å². The molecule has 0 radical (unpaired) electrons. The number of carbonyl (C=O) groups excluding carboxylic acids is 1. The highest BCUT2D eigenvalue weighted by atomic mass is 16.5. The van der Waals surface area contributed by atoms with E-state index in [1.54, 1.807) is 13.3 Å². The first-order valence-corrected chi connectivity index (χ1v) is 5.86. The quantitative estimate of drug-likeness (QED) is 0.822. The third-order valence-electron chi connectivity index (χ3n) is 2.51. The smallest absolute Gasteiger partial charge is 0.358 e. The lowest BCUT2D eigenvalue weighted by atomic mass is 10.2. The van der Waals surface area contributed by atoms with Crippen LogP contribution in [0.4, 0.5) is 5.82 Å². The molecule has 2 aromatic rings. The minimum Gasteiger partial charge on any atom is -0.481 e. The first-order valence-electron chi connectivity index (χ1n) is 5.86. The lowest BCUT2D eigenvalue weighted by Gasteiger charge is -2.07. The van der Waals surface area contributed by atoms with Gasteiger partial charge >= 0.3 is 5.97 Å². The van der Waals surface area contributed by atoms with Crippen molar-refractivity contribution in [2.75, 3.05) is 19.5 Å². The van der Waals surface area contributed by atoms with E-state index in [-0.39, 0.29) is 5.69 Å². The molecule has 0 amide bonds. The number of methoxy groups -OCH3 is 2. The molecule has 20 heavy (non-hydrogen) atoms. The molecule has 1 N–H and O–H groups in total. The molecule has 0 spiro atoms. The minimum atomic E-state index is -0.522. The van der Waals surface area contributed by atoms with E-state index in [1.807, 2.05) is 12.1 Å². The molecule has 0 bridgehead atoms. The molecule has 0 atom stereocenters. The van der Waals surface area contributed by atoms with Crippen LogP contribution in [0.1, 0.15) is 16.1 Å². The molecular weight excluding hydrogens is 260 g/mol. The van der Waals surface area contributed by atoms with E-state index in [2.05, 4.69) is 25.0 Å². The van der Waals surface area contributed by atoms with Crippen LogP contribution in [0.3, 0.4) is 0 Å². The number of carbonyl (C=O) groups is 1. The van der Waals surface area contributed by atoms with E-state index in [4.69, 9.17) is 4.74 Å². The van der Waals surface area contributed by atoms with E-state index < -0.39 is 5.97 Å². The Balaban J connectivity index is 2.05. The predicted octanol–water partition coefficient (Wildman–Crippen LogP) is 1.28. The normalized spacial score (nSPS) is 9.90. The molecule has 0 aliphatic rings. The fraction of sp³-hybridized carbons (Fsp3) is 0.231. The van der Waals surface area contributed by atoms with E-state index in [0.29, 0.717) is 18.2 Å². The summed E-state index contributed by atoms with van der Waals surface area (Å²) in [5.41, 5.74) is 1.13. The number of esters is 1. The summed E-state index contributed by atoms with van der Waals surface area (Å²) in [4.78, 5) is 23.4. The van der Waals surface area contributed by atoms with Gasteiger partial charge in [-0.25, -0.2) is 14.8 Å². The highest BCUT2D eigenvalue weighted by Crippen LogP contribution is 2.11. The van der Waals surface area contributed by atoms with Crippen molar-refractivity contribution in [3.63, 3.8) is 0 Å². The average Bonchev–Trinajstić information content (AvgIpc) is 2.52. The molecule has 0 saturated carbocycles. The highest BCUT2D eigenvalue weighted by Gasteiger charge is 2.08. The van der Waals surface area contributed by atoms with Gasteiger partial charge in [-0.1, -0.05) is 0 Å². The molecule has 7 heteroatoms. The zero-order valence-electron chi connectivity index (χ0n) is 11.2. The van der Waals surface area contributed by atoms with Crippen LogP contribution in [-0.4, -0.2) is 35.1 Å². The SMILES string of the molecule is COC(=O)c1cncc(NCc2ccnc(OC)c2)n1. The molecule has 0 saturated heterocycles. The van der Waals surface area contributed by atoms with Gasteiger partial charge in [0.25, 0.3) is 0 Å². The Hall–Kier alpha value is -2.70. The van der Waals surface area contributed by atoms with Crippen LogP contribution < -0.4 is 10.1 Å². The van der Waals surface area contributed by atoms with E-state index >= 15 is 0 Å². The van der Waals surface area contributed by atoms with Gasteiger partial charge in [-0.2, -0.15) is 0 Å². The number of rotatable bonds is 5. The number of anilines is 1. The molecular formula is C13H14N4O3. The number of pyridine rings is 1. The van der Waals surface area contributed by atoms with Gasteiger partial charge in [0.05, 0.1) is 26.6 Å². The largest absolute Gasteiger partial charge is 0.481 e. The maximum Gasteiger partial charge on any atom is 0.358 e. The number of hydrogen-bond donors (Lipinski definition) is 1. The maximum absolute atomic E-state index is 11.3. The second-order valence-corrected chi connectivity index (χ2v) is 3.84. The minimum absolute atomic E-state index is 0.157. The van der Waals surface area contributed by atoms with Crippen LogP contribution in [-0.2, 0) is 11.3 Å². The van der Waals surface area contributed by atoms with Gasteiger partial charge in [0.15, 0.2) is 5.69 Å². The second-order valence-electron chi connectivity index (χ2n) is 3.84. The van der Waals surface area contributed by atoms with Gasteiger partial charge < -0.3 is 14.8 Å². The Morgan fingerprint density at radius 2 is 2.20 bits per heavy atom. The van der Waals surface area contributed by atoms with Crippen molar-refractivity contribution in [3.05, 3.63) is 42.0 Å². The first-order chi connectivity index (χ1) is 9.72. The summed E-state index contributed by atoms with van der Waals surface area (Å²) in [6.07, 6.45) is 4.55. The van der Waals surface area contributed by atoms with Crippen LogP contribution in [0.25, 0.3) is 0 Å². The molecule has 0 aliphatic carbocycles. The van der Waals surface area contributed by atoms with Gasteiger partial charge in [-0.15, -0.1) is 0 Å². The lowest BCUT2D eigenvalue weighted by Crippen LogP contribution is -2.08. The molecule has 104 valence electrons. The second kappa shape index (κ2) is 6.46. The molecule has 0 aromatic carbocycles. The summed E-state index contributed by atoms with van der Waals surface area (Å²) in [7, 11) is 2.86. The van der Waals surface area contributed by atoms with Crippen molar-refractivity contribution in [1.82, 2.24) is 15.0 Å². The molecule has 0 aliphatic heterocycles. The van der Waals surface area contributed by atoms with Gasteiger partial charge in [0, 0.05) is 18.8 Å². The van der Waals surface area contributed by atoms with Crippen LogP contribution in [0.15, 0.2) is 30.7 Å². The van der Waals surface area contributed by atoms with Crippen LogP contribution in [0.2, 0.25) is 0 Å². The molecule has 2 heterocycles. The number of nitrogens with zero attached hydrogens (tertiary/aromatic N) is 3. The van der Waals surface area contributed by atoms with Gasteiger partial charge in [0.1, 0.15) is 5.82 Å². The van der Waals surface area contributed by atoms with Crippen LogP contribution in [0.5, 0.6) is 5.88 Å². The van der Waals surface area contributed by atoms with E-state index in [0.717, 1.165) is 5.56 Å². The van der Waals surface area contributed by atoms with E-state index in [1.165, 1.54) is 19.5 Å². The standard InChI is InChI=1S/C13H14N4O3/c1-19-12-5-9(3-4-15-12)6-16-11-8-14-7-10(17-11)13(18)20-2/h3-5,7-8H,6H2,1-2H3,(H,16,17). The number of aromatic nitrogens is 3. The zero-order valence-corrected chi connectivity index (χ0v) is 11.2. The molecule has 2 aromatic heterocycles. The Bertz CT molecular complexity index is 604. The summed E-state index contributed by atoms with van der Waals surface area (Å²) in [6, 6.07) is 3.66. The fourth-order valence-corrected chi connectivity index (χ4v) is 1.52. The van der Waals surface area contributed by atoms with Crippen molar-refractivity contribution in [1.29, 1.82) is 0 Å². The monoisotopic (exact) mass is 274 g/mol. The number of ether oxygens (including phenoxy) is 2. The fourth-order valence-electron chi connectivity index (χ4n) is 1.52. The van der Waals surface area contributed by atoms with Gasteiger partial charge in [-0.3, -0.25) is 4.98 Å².